The Morgan fingerprint density at radius 2 is 2.03 bits per heavy atom. The maximum absolute atomic E-state index is 12.6. The van der Waals surface area contributed by atoms with Crippen LogP contribution >= 0.6 is 0 Å². The van der Waals surface area contributed by atoms with Crippen molar-refractivity contribution in [2.45, 2.75) is 71.3 Å². The van der Waals surface area contributed by atoms with Gasteiger partial charge in [0.25, 0.3) is 0 Å². The van der Waals surface area contributed by atoms with Crippen molar-refractivity contribution in [3.8, 4) is 17.2 Å². The second kappa shape index (κ2) is 9.73. The van der Waals surface area contributed by atoms with Crippen LogP contribution in [0, 0.1) is 11.3 Å². The molecule has 5 heteroatoms. The maximum atomic E-state index is 12.6. The van der Waals surface area contributed by atoms with Gasteiger partial charge in [-0.05, 0) is 49.8 Å². The Balaban J connectivity index is 1.63. The lowest BCUT2D eigenvalue weighted by Crippen LogP contribution is -2.54. The highest BCUT2D eigenvalue weighted by atomic mass is 16.2. The molecule has 1 amide bonds. The fourth-order valence-electron chi connectivity index (χ4n) is 4.69. The topological polar surface area (TPSA) is 60.2 Å². The fourth-order valence-corrected chi connectivity index (χ4v) is 4.69. The molecule has 0 N–H and O–H groups in total. The average molecular weight is 431 g/mol. The van der Waals surface area contributed by atoms with Crippen molar-refractivity contribution < 1.29 is 4.79 Å². The molecule has 1 aromatic carbocycles. The zero-order valence-corrected chi connectivity index (χ0v) is 19.6. The van der Waals surface area contributed by atoms with Crippen molar-refractivity contribution in [2.24, 2.45) is 0 Å². The van der Waals surface area contributed by atoms with Crippen LogP contribution in [0.3, 0.4) is 0 Å². The van der Waals surface area contributed by atoms with E-state index in [0.29, 0.717) is 31.0 Å². The molecule has 0 spiro atoms. The smallest absolute Gasteiger partial charge is 0.222 e. The number of piperazine rings is 1. The standard InChI is InChI=1S/C27H34N4O/c1-4-6-10-25(32)31-14-13-30(18-19(31)3)27-23(17-28)16-24(26(29-27)21-11-12-21)22-9-7-8-20(5-2)15-22/h7-9,15-16,19,21H,4-6,10-14,18H2,1-3H3. The molecule has 0 bridgehead atoms. The molecule has 168 valence electrons. The van der Waals surface area contributed by atoms with Gasteiger partial charge in [0.2, 0.25) is 5.91 Å². The second-order valence-electron chi connectivity index (χ2n) is 9.22. The summed E-state index contributed by atoms with van der Waals surface area (Å²) < 4.78 is 0. The van der Waals surface area contributed by atoms with E-state index in [1.807, 2.05) is 11.0 Å². The molecule has 4 rings (SSSR count). The van der Waals surface area contributed by atoms with Crippen molar-refractivity contribution in [1.82, 2.24) is 9.88 Å². The number of amides is 1. The summed E-state index contributed by atoms with van der Waals surface area (Å²) in [6, 6.07) is 13.2. The molecule has 1 saturated carbocycles. The number of rotatable bonds is 7. The van der Waals surface area contributed by atoms with E-state index in [1.54, 1.807) is 0 Å². The Bertz CT molecular complexity index is 1020. The molecular formula is C27H34N4O. The quantitative estimate of drug-likeness (QED) is 0.599. The first kappa shape index (κ1) is 22.3. The Labute approximate surface area is 192 Å². The Hall–Kier alpha value is -2.87. The van der Waals surface area contributed by atoms with E-state index in [-0.39, 0.29) is 11.9 Å². The Kier molecular flexibility index (Phi) is 6.79. The molecule has 1 aliphatic carbocycles. The molecule has 1 aromatic heterocycles. The van der Waals surface area contributed by atoms with E-state index < -0.39 is 0 Å². The van der Waals surface area contributed by atoms with Crippen molar-refractivity contribution in [2.75, 3.05) is 24.5 Å². The first-order chi connectivity index (χ1) is 15.5. The average Bonchev–Trinajstić information content (AvgIpc) is 3.67. The molecule has 1 unspecified atom stereocenters. The molecule has 2 aromatic rings. The highest BCUT2D eigenvalue weighted by Gasteiger charge is 2.33. The third-order valence-corrected chi connectivity index (χ3v) is 6.75. The molecule has 2 heterocycles. The van der Waals surface area contributed by atoms with Gasteiger partial charge in [-0.2, -0.15) is 5.26 Å². The summed E-state index contributed by atoms with van der Waals surface area (Å²) in [6.07, 6.45) is 5.91. The molecule has 5 nitrogen and oxygen atoms in total. The van der Waals surface area contributed by atoms with E-state index in [2.05, 4.69) is 56.0 Å². The summed E-state index contributed by atoms with van der Waals surface area (Å²) in [6.45, 7) is 8.51. The lowest BCUT2D eigenvalue weighted by Gasteiger charge is -2.41. The van der Waals surface area contributed by atoms with E-state index in [4.69, 9.17) is 4.98 Å². The van der Waals surface area contributed by atoms with E-state index in [1.165, 1.54) is 5.56 Å². The summed E-state index contributed by atoms with van der Waals surface area (Å²) >= 11 is 0. The zero-order chi connectivity index (χ0) is 22.7. The number of pyridine rings is 1. The van der Waals surface area contributed by atoms with Gasteiger partial charge in [-0.15, -0.1) is 0 Å². The number of anilines is 1. The largest absolute Gasteiger partial charge is 0.352 e. The lowest BCUT2D eigenvalue weighted by molar-refractivity contribution is -0.133. The summed E-state index contributed by atoms with van der Waals surface area (Å²) in [5, 5.41) is 9.99. The second-order valence-corrected chi connectivity index (χ2v) is 9.22. The number of carbonyl (C=O) groups excluding carboxylic acids is 1. The molecule has 2 aliphatic rings. The van der Waals surface area contributed by atoms with Crippen molar-refractivity contribution in [1.29, 1.82) is 5.26 Å². The van der Waals surface area contributed by atoms with Crippen LogP contribution in [0.4, 0.5) is 5.82 Å². The van der Waals surface area contributed by atoms with Crippen LogP contribution in [0.2, 0.25) is 0 Å². The van der Waals surface area contributed by atoms with Crippen LogP contribution in [-0.4, -0.2) is 41.5 Å². The predicted octanol–water partition coefficient (Wildman–Crippen LogP) is 5.29. The van der Waals surface area contributed by atoms with Gasteiger partial charge in [-0.3, -0.25) is 4.79 Å². The van der Waals surface area contributed by atoms with E-state index in [9.17, 15) is 10.1 Å². The number of nitrogens with zero attached hydrogens (tertiary/aromatic N) is 4. The number of hydrogen-bond acceptors (Lipinski definition) is 4. The molecule has 1 saturated heterocycles. The molecule has 2 fully saturated rings. The molecule has 32 heavy (non-hydrogen) atoms. The molecule has 0 radical (unpaired) electrons. The number of nitriles is 1. The normalized spacial score (nSPS) is 18.5. The van der Waals surface area contributed by atoms with Gasteiger partial charge in [0.1, 0.15) is 11.9 Å². The first-order valence-electron chi connectivity index (χ1n) is 12.1. The maximum Gasteiger partial charge on any atom is 0.222 e. The minimum atomic E-state index is 0.117. The molecule has 1 atom stereocenters. The summed E-state index contributed by atoms with van der Waals surface area (Å²) in [5.41, 5.74) is 5.31. The van der Waals surface area contributed by atoms with Crippen molar-refractivity contribution in [3.05, 3.63) is 47.2 Å². The minimum Gasteiger partial charge on any atom is -0.352 e. The summed E-state index contributed by atoms with van der Waals surface area (Å²) in [7, 11) is 0. The first-order valence-corrected chi connectivity index (χ1v) is 12.1. The molecule has 1 aliphatic heterocycles. The highest BCUT2D eigenvalue weighted by molar-refractivity contribution is 5.77. The number of carbonyl (C=O) groups is 1. The van der Waals surface area contributed by atoms with Crippen LogP contribution in [0.5, 0.6) is 0 Å². The lowest BCUT2D eigenvalue weighted by atomic mass is 9.97. The van der Waals surface area contributed by atoms with Crippen LogP contribution in [0.1, 0.15) is 75.6 Å². The van der Waals surface area contributed by atoms with Gasteiger partial charge in [0.05, 0.1) is 11.3 Å². The third-order valence-electron chi connectivity index (χ3n) is 6.75. The Morgan fingerprint density at radius 3 is 2.69 bits per heavy atom. The predicted molar refractivity (Wildman–Crippen MR) is 129 cm³/mol. The monoisotopic (exact) mass is 430 g/mol. The van der Waals surface area contributed by atoms with E-state index in [0.717, 1.165) is 61.3 Å². The minimum absolute atomic E-state index is 0.117. The third kappa shape index (κ3) is 4.65. The summed E-state index contributed by atoms with van der Waals surface area (Å²) in [5.74, 6) is 1.52. The molecular weight excluding hydrogens is 396 g/mol. The SMILES string of the molecule is CCCCC(=O)N1CCN(c2nc(C3CC3)c(-c3cccc(CC)c3)cc2C#N)CC1C. The van der Waals surface area contributed by atoms with Crippen LogP contribution in [0.15, 0.2) is 30.3 Å². The van der Waals surface area contributed by atoms with Gasteiger partial charge < -0.3 is 9.80 Å². The van der Waals surface area contributed by atoms with Crippen LogP contribution in [0.25, 0.3) is 11.1 Å². The van der Waals surface area contributed by atoms with Crippen LogP contribution in [-0.2, 0) is 11.2 Å². The van der Waals surface area contributed by atoms with Gasteiger partial charge in [0.15, 0.2) is 0 Å². The number of aryl methyl sites for hydroxylation is 1. The van der Waals surface area contributed by atoms with Gasteiger partial charge in [-0.1, -0.05) is 44.5 Å². The number of hydrogen-bond donors (Lipinski definition) is 0. The highest BCUT2D eigenvalue weighted by Crippen LogP contribution is 2.45. The van der Waals surface area contributed by atoms with Gasteiger partial charge in [-0.25, -0.2) is 4.98 Å². The van der Waals surface area contributed by atoms with Crippen LogP contribution < -0.4 is 4.90 Å². The zero-order valence-electron chi connectivity index (χ0n) is 19.6. The summed E-state index contributed by atoms with van der Waals surface area (Å²) in [4.78, 5) is 21.9. The van der Waals surface area contributed by atoms with Crippen molar-refractivity contribution in [3.63, 3.8) is 0 Å². The van der Waals surface area contributed by atoms with Gasteiger partial charge in [0, 0.05) is 43.6 Å². The van der Waals surface area contributed by atoms with Gasteiger partial charge >= 0.3 is 0 Å². The Morgan fingerprint density at radius 1 is 1.22 bits per heavy atom. The van der Waals surface area contributed by atoms with Crippen molar-refractivity contribution >= 4 is 11.7 Å². The fraction of sp³-hybridized carbons (Fsp3) is 0.519. The van der Waals surface area contributed by atoms with E-state index >= 15 is 0 Å². The number of benzene rings is 1. The number of unbranched alkanes of at least 4 members (excludes halogenated alkanes) is 1. The number of aromatic nitrogens is 1.